The van der Waals surface area contributed by atoms with Crippen LogP contribution in [-0.2, 0) is 4.74 Å². The number of amides is 1. The molecule has 1 aromatic carbocycles. The van der Waals surface area contributed by atoms with Crippen molar-refractivity contribution in [1.29, 1.82) is 0 Å². The number of benzene rings is 1. The molecule has 0 saturated carbocycles. The van der Waals surface area contributed by atoms with Gasteiger partial charge in [0.1, 0.15) is 5.82 Å². The summed E-state index contributed by atoms with van der Waals surface area (Å²) in [6.07, 6.45) is 1.61. The molecule has 126 valence electrons. The number of aromatic nitrogens is 1. The van der Waals surface area contributed by atoms with E-state index in [1.165, 1.54) is 7.11 Å². The Bertz CT molecular complexity index is 727. The number of para-hydroxylation sites is 1. The Morgan fingerprint density at radius 3 is 2.54 bits per heavy atom. The summed E-state index contributed by atoms with van der Waals surface area (Å²) >= 11 is 0. The molecule has 0 bridgehead atoms. The summed E-state index contributed by atoms with van der Waals surface area (Å²) in [6, 6.07) is 10.1. The molecule has 0 atom stereocenters. The summed E-state index contributed by atoms with van der Waals surface area (Å²) in [5.74, 6) is -0.0551. The van der Waals surface area contributed by atoms with Gasteiger partial charge in [0, 0.05) is 24.8 Å². The lowest BCUT2D eigenvalue weighted by Crippen LogP contribution is -2.23. The monoisotopic (exact) mass is 327 g/mol. The summed E-state index contributed by atoms with van der Waals surface area (Å²) in [6.45, 7) is 5.68. The SMILES string of the molecule is CCN(CC)c1cc(C(=O)Nc2ccccc2C(=O)OC)ccn1. The molecule has 0 spiro atoms. The third-order valence-electron chi connectivity index (χ3n) is 3.68. The highest BCUT2D eigenvalue weighted by molar-refractivity contribution is 6.08. The van der Waals surface area contributed by atoms with Gasteiger partial charge >= 0.3 is 5.97 Å². The maximum atomic E-state index is 12.5. The van der Waals surface area contributed by atoms with E-state index in [9.17, 15) is 9.59 Å². The smallest absolute Gasteiger partial charge is 0.339 e. The summed E-state index contributed by atoms with van der Waals surface area (Å²) < 4.78 is 4.74. The van der Waals surface area contributed by atoms with Crippen molar-refractivity contribution in [2.24, 2.45) is 0 Å². The fourth-order valence-electron chi connectivity index (χ4n) is 2.35. The summed E-state index contributed by atoms with van der Waals surface area (Å²) in [4.78, 5) is 30.7. The number of nitrogens with one attached hydrogen (secondary N) is 1. The van der Waals surface area contributed by atoms with Crippen LogP contribution in [0.3, 0.4) is 0 Å². The van der Waals surface area contributed by atoms with E-state index in [1.54, 1.807) is 42.6 Å². The van der Waals surface area contributed by atoms with Gasteiger partial charge in [0.05, 0.1) is 18.4 Å². The fraction of sp³-hybridized carbons (Fsp3) is 0.278. The van der Waals surface area contributed by atoms with Crippen molar-refractivity contribution in [1.82, 2.24) is 4.98 Å². The van der Waals surface area contributed by atoms with Gasteiger partial charge in [0.15, 0.2) is 0 Å². The number of carbonyl (C=O) groups is 2. The lowest BCUT2D eigenvalue weighted by molar-refractivity contribution is 0.0602. The first-order valence-corrected chi connectivity index (χ1v) is 7.80. The molecule has 6 heteroatoms. The van der Waals surface area contributed by atoms with Gasteiger partial charge < -0.3 is 15.0 Å². The highest BCUT2D eigenvalue weighted by Crippen LogP contribution is 2.18. The van der Waals surface area contributed by atoms with Crippen LogP contribution in [0.25, 0.3) is 0 Å². The number of anilines is 2. The van der Waals surface area contributed by atoms with E-state index in [0.717, 1.165) is 18.9 Å². The average molecular weight is 327 g/mol. The molecule has 24 heavy (non-hydrogen) atoms. The van der Waals surface area contributed by atoms with Crippen LogP contribution >= 0.6 is 0 Å². The first-order valence-electron chi connectivity index (χ1n) is 7.80. The second-order valence-corrected chi connectivity index (χ2v) is 5.07. The first-order chi connectivity index (χ1) is 11.6. The molecular weight excluding hydrogens is 306 g/mol. The maximum absolute atomic E-state index is 12.5. The second kappa shape index (κ2) is 8.10. The van der Waals surface area contributed by atoms with Gasteiger partial charge in [-0.3, -0.25) is 4.79 Å². The quantitative estimate of drug-likeness (QED) is 0.826. The maximum Gasteiger partial charge on any atom is 0.339 e. The number of ether oxygens (including phenoxy) is 1. The van der Waals surface area contributed by atoms with E-state index in [4.69, 9.17) is 4.74 Å². The number of carbonyl (C=O) groups excluding carboxylic acids is 2. The minimum Gasteiger partial charge on any atom is -0.465 e. The average Bonchev–Trinajstić information content (AvgIpc) is 2.63. The topological polar surface area (TPSA) is 71.5 Å². The predicted octanol–water partition coefficient (Wildman–Crippen LogP) is 2.97. The van der Waals surface area contributed by atoms with Gasteiger partial charge in [-0.25, -0.2) is 9.78 Å². The highest BCUT2D eigenvalue weighted by atomic mass is 16.5. The van der Waals surface area contributed by atoms with E-state index in [0.29, 0.717) is 16.8 Å². The summed E-state index contributed by atoms with van der Waals surface area (Å²) in [7, 11) is 1.31. The van der Waals surface area contributed by atoms with Crippen molar-refractivity contribution >= 4 is 23.4 Å². The van der Waals surface area contributed by atoms with E-state index in [-0.39, 0.29) is 5.91 Å². The van der Waals surface area contributed by atoms with E-state index in [1.807, 2.05) is 13.8 Å². The van der Waals surface area contributed by atoms with Gasteiger partial charge in [-0.15, -0.1) is 0 Å². The lowest BCUT2D eigenvalue weighted by Gasteiger charge is -2.20. The summed E-state index contributed by atoms with van der Waals surface area (Å²) in [5.41, 5.74) is 1.20. The molecule has 0 fully saturated rings. The van der Waals surface area contributed by atoms with Gasteiger partial charge in [0.2, 0.25) is 0 Å². The lowest BCUT2D eigenvalue weighted by atomic mass is 10.1. The predicted molar refractivity (Wildman–Crippen MR) is 93.5 cm³/mol. The third kappa shape index (κ3) is 3.90. The number of hydrogen-bond donors (Lipinski definition) is 1. The number of esters is 1. The number of nitrogens with zero attached hydrogens (tertiary/aromatic N) is 2. The molecule has 6 nitrogen and oxygen atoms in total. The van der Waals surface area contributed by atoms with E-state index < -0.39 is 5.97 Å². The van der Waals surface area contributed by atoms with Crippen LogP contribution in [0, 0.1) is 0 Å². The van der Waals surface area contributed by atoms with E-state index in [2.05, 4.69) is 15.2 Å². The highest BCUT2D eigenvalue weighted by Gasteiger charge is 2.15. The molecule has 0 aliphatic heterocycles. The Morgan fingerprint density at radius 2 is 1.88 bits per heavy atom. The minimum atomic E-state index is -0.496. The Balaban J connectivity index is 2.25. The molecule has 1 aromatic heterocycles. The molecule has 1 N–H and O–H groups in total. The summed E-state index contributed by atoms with van der Waals surface area (Å²) in [5, 5.41) is 2.76. The molecule has 0 unspecified atom stereocenters. The fourth-order valence-corrected chi connectivity index (χ4v) is 2.35. The van der Waals surface area contributed by atoms with Crippen molar-refractivity contribution in [3.8, 4) is 0 Å². The first kappa shape index (κ1) is 17.5. The van der Waals surface area contributed by atoms with Crippen LogP contribution in [0.1, 0.15) is 34.6 Å². The number of methoxy groups -OCH3 is 1. The Morgan fingerprint density at radius 1 is 1.17 bits per heavy atom. The van der Waals surface area contributed by atoms with Crippen molar-refractivity contribution in [3.63, 3.8) is 0 Å². The van der Waals surface area contributed by atoms with Crippen molar-refractivity contribution in [3.05, 3.63) is 53.7 Å². The number of hydrogen-bond acceptors (Lipinski definition) is 5. The third-order valence-corrected chi connectivity index (χ3v) is 3.68. The second-order valence-electron chi connectivity index (χ2n) is 5.07. The molecule has 2 rings (SSSR count). The van der Waals surface area contributed by atoms with Crippen LogP contribution in [-0.4, -0.2) is 37.1 Å². The van der Waals surface area contributed by atoms with Crippen molar-refractivity contribution < 1.29 is 14.3 Å². The van der Waals surface area contributed by atoms with Gasteiger partial charge in [-0.1, -0.05) is 12.1 Å². The van der Waals surface area contributed by atoms with Crippen LogP contribution < -0.4 is 10.2 Å². The van der Waals surface area contributed by atoms with Crippen LogP contribution in [0.4, 0.5) is 11.5 Å². The van der Waals surface area contributed by atoms with Gasteiger partial charge in [0.25, 0.3) is 5.91 Å². The van der Waals surface area contributed by atoms with Crippen molar-refractivity contribution in [2.45, 2.75) is 13.8 Å². The Hall–Kier alpha value is -2.89. The Labute approximate surface area is 141 Å². The molecule has 1 heterocycles. The van der Waals surface area contributed by atoms with E-state index >= 15 is 0 Å². The molecular formula is C18H21N3O3. The van der Waals surface area contributed by atoms with Crippen LogP contribution in [0.2, 0.25) is 0 Å². The number of rotatable bonds is 6. The molecule has 0 aliphatic rings. The standard InChI is InChI=1S/C18H21N3O3/c1-4-21(5-2)16-12-13(10-11-19-16)17(22)20-15-9-7-6-8-14(15)18(23)24-3/h6-12H,4-5H2,1-3H3,(H,20,22). The normalized spacial score (nSPS) is 10.1. The molecule has 0 saturated heterocycles. The number of pyridine rings is 1. The van der Waals surface area contributed by atoms with Crippen molar-refractivity contribution in [2.75, 3.05) is 30.4 Å². The Kier molecular flexibility index (Phi) is 5.89. The zero-order chi connectivity index (χ0) is 17.5. The largest absolute Gasteiger partial charge is 0.465 e. The van der Waals surface area contributed by atoms with Gasteiger partial charge in [-0.05, 0) is 38.1 Å². The van der Waals surface area contributed by atoms with Crippen LogP contribution in [0.5, 0.6) is 0 Å². The molecule has 2 aromatic rings. The molecule has 1 amide bonds. The zero-order valence-corrected chi connectivity index (χ0v) is 14.1. The molecule has 0 aliphatic carbocycles. The molecule has 0 radical (unpaired) electrons. The van der Waals surface area contributed by atoms with Crippen LogP contribution in [0.15, 0.2) is 42.6 Å². The zero-order valence-electron chi connectivity index (χ0n) is 14.1. The van der Waals surface area contributed by atoms with Gasteiger partial charge in [-0.2, -0.15) is 0 Å². The minimum absolute atomic E-state index is 0.304.